The molecule has 1 aromatic rings. The third-order valence-corrected chi connectivity index (χ3v) is 2.19. The lowest BCUT2D eigenvalue weighted by molar-refractivity contribution is 0.0823. The van der Waals surface area contributed by atoms with Crippen molar-refractivity contribution in [3.63, 3.8) is 0 Å². The second-order valence-corrected chi connectivity index (χ2v) is 3.72. The van der Waals surface area contributed by atoms with Crippen LogP contribution >= 0.6 is 0 Å². The van der Waals surface area contributed by atoms with Gasteiger partial charge >= 0.3 is 0 Å². The Bertz CT molecular complexity index is 310. The SMILES string of the molecule is Cc1ccc(OC(C)N(C)C)c(N)c1. The Morgan fingerprint density at radius 2 is 2.00 bits per heavy atom. The van der Waals surface area contributed by atoms with Crippen molar-refractivity contribution in [2.75, 3.05) is 19.8 Å². The van der Waals surface area contributed by atoms with E-state index in [-0.39, 0.29) is 6.23 Å². The molecule has 1 rings (SSSR count). The number of nitrogens with two attached hydrogens (primary N) is 1. The van der Waals surface area contributed by atoms with Crippen molar-refractivity contribution in [3.8, 4) is 5.75 Å². The van der Waals surface area contributed by atoms with Crippen LogP contribution in [0, 0.1) is 6.92 Å². The molecule has 0 spiro atoms. The summed E-state index contributed by atoms with van der Waals surface area (Å²) in [5, 5.41) is 0. The average Bonchev–Trinajstić information content (AvgIpc) is 2.09. The standard InChI is InChI=1S/C11H18N2O/c1-8-5-6-11(10(12)7-8)14-9(2)13(3)4/h5-7,9H,12H2,1-4H3. The van der Waals surface area contributed by atoms with Gasteiger partial charge in [0.1, 0.15) is 12.0 Å². The summed E-state index contributed by atoms with van der Waals surface area (Å²) in [4.78, 5) is 1.99. The van der Waals surface area contributed by atoms with Gasteiger partial charge in [-0.05, 0) is 45.6 Å². The van der Waals surface area contributed by atoms with Crippen molar-refractivity contribution >= 4 is 5.69 Å². The first-order valence-corrected chi connectivity index (χ1v) is 4.70. The number of nitrogens with zero attached hydrogens (tertiary/aromatic N) is 1. The lowest BCUT2D eigenvalue weighted by Crippen LogP contribution is -2.30. The molecular weight excluding hydrogens is 176 g/mol. The molecule has 78 valence electrons. The largest absolute Gasteiger partial charge is 0.473 e. The first-order chi connectivity index (χ1) is 6.50. The third-order valence-electron chi connectivity index (χ3n) is 2.19. The highest BCUT2D eigenvalue weighted by Crippen LogP contribution is 2.23. The quantitative estimate of drug-likeness (QED) is 0.589. The van der Waals surface area contributed by atoms with Crippen LogP contribution in [0.25, 0.3) is 0 Å². The Morgan fingerprint density at radius 3 is 2.50 bits per heavy atom. The lowest BCUT2D eigenvalue weighted by atomic mass is 10.2. The second-order valence-electron chi connectivity index (χ2n) is 3.72. The van der Waals surface area contributed by atoms with Crippen LogP contribution in [0.3, 0.4) is 0 Å². The summed E-state index contributed by atoms with van der Waals surface area (Å²) in [6.07, 6.45) is 0.0278. The average molecular weight is 194 g/mol. The molecule has 0 radical (unpaired) electrons. The number of ether oxygens (including phenoxy) is 1. The summed E-state index contributed by atoms with van der Waals surface area (Å²) in [7, 11) is 3.93. The highest BCUT2D eigenvalue weighted by atomic mass is 16.5. The first-order valence-electron chi connectivity index (χ1n) is 4.70. The van der Waals surface area contributed by atoms with Gasteiger partial charge < -0.3 is 10.5 Å². The second kappa shape index (κ2) is 4.33. The molecule has 3 heteroatoms. The molecule has 0 saturated carbocycles. The van der Waals surface area contributed by atoms with Crippen LogP contribution in [0.15, 0.2) is 18.2 Å². The molecule has 1 atom stereocenters. The fraction of sp³-hybridized carbons (Fsp3) is 0.455. The van der Waals surface area contributed by atoms with Gasteiger partial charge in [-0.1, -0.05) is 6.07 Å². The maximum atomic E-state index is 5.83. The Labute approximate surface area is 85.5 Å². The first kappa shape index (κ1) is 10.9. The van der Waals surface area contributed by atoms with Crippen molar-refractivity contribution in [1.29, 1.82) is 0 Å². The zero-order valence-electron chi connectivity index (χ0n) is 9.24. The molecule has 0 bridgehead atoms. The number of aryl methyl sites for hydroxylation is 1. The summed E-state index contributed by atoms with van der Waals surface area (Å²) >= 11 is 0. The van der Waals surface area contributed by atoms with E-state index in [4.69, 9.17) is 10.5 Å². The zero-order valence-corrected chi connectivity index (χ0v) is 9.24. The van der Waals surface area contributed by atoms with Crippen LogP contribution in [0.2, 0.25) is 0 Å². The van der Waals surface area contributed by atoms with E-state index in [1.807, 2.05) is 51.0 Å². The van der Waals surface area contributed by atoms with E-state index in [0.717, 1.165) is 11.3 Å². The summed E-state index contributed by atoms with van der Waals surface area (Å²) in [5.41, 5.74) is 7.67. The Balaban J connectivity index is 2.77. The van der Waals surface area contributed by atoms with E-state index in [1.165, 1.54) is 0 Å². The van der Waals surface area contributed by atoms with Crippen molar-refractivity contribution in [2.24, 2.45) is 0 Å². The summed E-state index contributed by atoms with van der Waals surface area (Å²) in [6, 6.07) is 5.82. The number of hydrogen-bond acceptors (Lipinski definition) is 3. The molecule has 0 fully saturated rings. The van der Waals surface area contributed by atoms with Gasteiger partial charge in [0.05, 0.1) is 5.69 Å². The van der Waals surface area contributed by atoms with E-state index in [0.29, 0.717) is 5.69 Å². The van der Waals surface area contributed by atoms with Crippen LogP contribution in [0.4, 0.5) is 5.69 Å². The highest BCUT2D eigenvalue weighted by Gasteiger charge is 2.07. The minimum Gasteiger partial charge on any atom is -0.473 e. The maximum Gasteiger partial charge on any atom is 0.149 e. The number of rotatable bonds is 3. The molecule has 3 nitrogen and oxygen atoms in total. The fourth-order valence-corrected chi connectivity index (χ4v) is 1.06. The van der Waals surface area contributed by atoms with Crippen LogP contribution in [-0.2, 0) is 0 Å². The van der Waals surface area contributed by atoms with E-state index in [2.05, 4.69) is 0 Å². The molecule has 0 aliphatic heterocycles. The summed E-state index contributed by atoms with van der Waals surface area (Å²) < 4.78 is 5.66. The predicted molar refractivity (Wildman–Crippen MR) is 59.4 cm³/mol. The van der Waals surface area contributed by atoms with Gasteiger partial charge in [-0.15, -0.1) is 0 Å². The molecular formula is C11H18N2O. The third kappa shape index (κ3) is 2.64. The van der Waals surface area contributed by atoms with Gasteiger partial charge in [-0.25, -0.2) is 0 Å². The molecule has 0 amide bonds. The number of benzene rings is 1. The van der Waals surface area contributed by atoms with Gasteiger partial charge in [-0.3, -0.25) is 4.90 Å². The molecule has 14 heavy (non-hydrogen) atoms. The van der Waals surface area contributed by atoms with Crippen molar-refractivity contribution in [2.45, 2.75) is 20.1 Å². The normalized spacial score (nSPS) is 12.9. The number of hydrogen-bond donors (Lipinski definition) is 1. The summed E-state index contributed by atoms with van der Waals surface area (Å²) in [5.74, 6) is 0.747. The molecule has 1 aromatic carbocycles. The minimum absolute atomic E-state index is 0.0278. The van der Waals surface area contributed by atoms with Gasteiger partial charge in [0, 0.05) is 0 Å². The molecule has 2 N–H and O–H groups in total. The van der Waals surface area contributed by atoms with Crippen LogP contribution < -0.4 is 10.5 Å². The predicted octanol–water partition coefficient (Wildman–Crippen LogP) is 1.86. The molecule has 1 unspecified atom stereocenters. The Kier molecular flexibility index (Phi) is 3.36. The molecule has 0 aliphatic carbocycles. The van der Waals surface area contributed by atoms with Gasteiger partial charge in [0.25, 0.3) is 0 Å². The van der Waals surface area contributed by atoms with E-state index >= 15 is 0 Å². The highest BCUT2D eigenvalue weighted by molar-refractivity contribution is 5.54. The van der Waals surface area contributed by atoms with Crippen LogP contribution in [0.5, 0.6) is 5.75 Å². The van der Waals surface area contributed by atoms with E-state index in [9.17, 15) is 0 Å². The van der Waals surface area contributed by atoms with E-state index in [1.54, 1.807) is 0 Å². The van der Waals surface area contributed by atoms with E-state index < -0.39 is 0 Å². The van der Waals surface area contributed by atoms with Gasteiger partial charge in [-0.2, -0.15) is 0 Å². The Morgan fingerprint density at radius 1 is 1.36 bits per heavy atom. The topological polar surface area (TPSA) is 38.5 Å². The fourth-order valence-electron chi connectivity index (χ4n) is 1.06. The zero-order chi connectivity index (χ0) is 10.7. The molecule has 0 aromatic heterocycles. The lowest BCUT2D eigenvalue weighted by Gasteiger charge is -2.22. The van der Waals surface area contributed by atoms with Crippen LogP contribution in [-0.4, -0.2) is 25.2 Å². The van der Waals surface area contributed by atoms with Crippen molar-refractivity contribution < 1.29 is 4.74 Å². The number of anilines is 1. The van der Waals surface area contributed by atoms with Crippen molar-refractivity contribution in [1.82, 2.24) is 4.90 Å². The Hall–Kier alpha value is -1.22. The van der Waals surface area contributed by atoms with Gasteiger partial charge in [0.2, 0.25) is 0 Å². The van der Waals surface area contributed by atoms with Crippen molar-refractivity contribution in [3.05, 3.63) is 23.8 Å². The monoisotopic (exact) mass is 194 g/mol. The maximum absolute atomic E-state index is 5.83. The minimum atomic E-state index is 0.0278. The van der Waals surface area contributed by atoms with Crippen LogP contribution in [0.1, 0.15) is 12.5 Å². The smallest absolute Gasteiger partial charge is 0.149 e. The van der Waals surface area contributed by atoms with Gasteiger partial charge in [0.15, 0.2) is 0 Å². The molecule has 0 heterocycles. The summed E-state index contributed by atoms with van der Waals surface area (Å²) in [6.45, 7) is 3.99. The molecule has 0 saturated heterocycles. The molecule has 0 aliphatic rings. The number of nitrogen functional groups attached to an aromatic ring is 1.